The summed E-state index contributed by atoms with van der Waals surface area (Å²) in [6.45, 7) is 2.33. The fraction of sp³-hybridized carbons (Fsp3) is 0.714. The summed E-state index contributed by atoms with van der Waals surface area (Å²) in [6, 6.07) is 2.01. The van der Waals surface area contributed by atoms with E-state index >= 15 is 0 Å². The normalized spacial score (nSPS) is 18.6. The Kier molecular flexibility index (Phi) is 4.53. The zero-order valence-electron chi connectivity index (χ0n) is 11.2. The van der Waals surface area contributed by atoms with Crippen LogP contribution in [0.2, 0.25) is 0 Å². The number of aliphatic hydroxyl groups is 1. The Morgan fingerprint density at radius 1 is 1.28 bits per heavy atom. The second-order valence-electron chi connectivity index (χ2n) is 5.27. The monoisotopic (exact) mass is 249 g/mol. The number of aromatic nitrogens is 2. The van der Waals surface area contributed by atoms with E-state index in [2.05, 4.69) is 22.2 Å². The third-order valence-electron chi connectivity index (χ3n) is 3.74. The zero-order valence-corrected chi connectivity index (χ0v) is 11.2. The van der Waals surface area contributed by atoms with Crippen LogP contribution in [0.4, 0.5) is 5.82 Å². The van der Waals surface area contributed by atoms with Crippen molar-refractivity contribution in [3.63, 3.8) is 0 Å². The summed E-state index contributed by atoms with van der Waals surface area (Å²) in [7, 11) is 0. The molecule has 1 aliphatic rings. The fourth-order valence-corrected chi connectivity index (χ4v) is 2.68. The Bertz CT molecular complexity index is 375. The maximum Gasteiger partial charge on any atom is 0.130 e. The molecule has 1 aromatic rings. The van der Waals surface area contributed by atoms with Gasteiger partial charge in [0, 0.05) is 11.8 Å². The number of nitrogens with one attached hydrogen (secondary N) is 1. The molecule has 4 heteroatoms. The van der Waals surface area contributed by atoms with Crippen LogP contribution in [0.15, 0.2) is 12.4 Å². The van der Waals surface area contributed by atoms with E-state index in [9.17, 15) is 5.11 Å². The molecule has 2 N–H and O–H groups in total. The predicted octanol–water partition coefficient (Wildman–Crippen LogP) is 2.54. The Morgan fingerprint density at radius 2 is 2.06 bits per heavy atom. The number of aryl methyl sites for hydroxylation is 1. The van der Waals surface area contributed by atoms with Crippen molar-refractivity contribution in [1.82, 2.24) is 9.97 Å². The highest BCUT2D eigenvalue weighted by molar-refractivity contribution is 5.38. The van der Waals surface area contributed by atoms with Gasteiger partial charge in [0.15, 0.2) is 0 Å². The summed E-state index contributed by atoms with van der Waals surface area (Å²) in [5.41, 5.74) is 0.898. The van der Waals surface area contributed by atoms with Gasteiger partial charge in [0.2, 0.25) is 0 Å². The summed E-state index contributed by atoms with van der Waals surface area (Å²) < 4.78 is 0. The minimum Gasteiger partial charge on any atom is -0.394 e. The Labute approximate surface area is 109 Å². The lowest BCUT2D eigenvalue weighted by molar-refractivity contribution is 0.172. The third kappa shape index (κ3) is 3.19. The third-order valence-corrected chi connectivity index (χ3v) is 3.74. The first kappa shape index (κ1) is 13.3. The van der Waals surface area contributed by atoms with Crippen LogP contribution in [0.25, 0.3) is 0 Å². The van der Waals surface area contributed by atoms with Crippen LogP contribution < -0.4 is 5.32 Å². The van der Waals surface area contributed by atoms with E-state index in [-0.39, 0.29) is 12.1 Å². The molecule has 1 aromatic heterocycles. The zero-order chi connectivity index (χ0) is 12.8. The highest BCUT2D eigenvalue weighted by Crippen LogP contribution is 2.30. The fourth-order valence-electron chi connectivity index (χ4n) is 2.68. The first-order chi connectivity index (χ1) is 8.78. The number of anilines is 1. The van der Waals surface area contributed by atoms with Gasteiger partial charge >= 0.3 is 0 Å². The predicted molar refractivity (Wildman–Crippen MR) is 72.6 cm³/mol. The minimum absolute atomic E-state index is 0.171. The van der Waals surface area contributed by atoms with Gasteiger partial charge in [-0.15, -0.1) is 0 Å². The van der Waals surface area contributed by atoms with E-state index in [1.165, 1.54) is 19.3 Å². The summed E-state index contributed by atoms with van der Waals surface area (Å²) >= 11 is 0. The quantitative estimate of drug-likeness (QED) is 0.842. The average molecular weight is 249 g/mol. The van der Waals surface area contributed by atoms with Crippen molar-refractivity contribution >= 4 is 5.82 Å². The Hall–Kier alpha value is -1.16. The van der Waals surface area contributed by atoms with E-state index in [0.29, 0.717) is 0 Å². The molecular weight excluding hydrogens is 226 g/mol. The summed E-state index contributed by atoms with van der Waals surface area (Å²) in [5.74, 6) is 0.851. The van der Waals surface area contributed by atoms with Crippen LogP contribution in [0, 0.1) is 0 Å². The Balaban J connectivity index is 2.08. The van der Waals surface area contributed by atoms with Gasteiger partial charge in [-0.05, 0) is 19.3 Å². The molecule has 1 saturated carbocycles. The summed E-state index contributed by atoms with van der Waals surface area (Å²) in [5, 5.41) is 13.1. The largest absolute Gasteiger partial charge is 0.394 e. The standard InChI is InChI=1S/C14H23N3O/c1-2-6-12-9-13(16-11-15-12)17-14(10-18)7-4-3-5-8-14/h9,11,18H,2-8,10H2,1H3,(H,15,16,17). The van der Waals surface area contributed by atoms with E-state index in [0.717, 1.165) is 37.2 Å². The number of rotatable bonds is 5. The second kappa shape index (κ2) is 6.14. The first-order valence-electron chi connectivity index (χ1n) is 6.98. The highest BCUT2D eigenvalue weighted by Gasteiger charge is 2.31. The Morgan fingerprint density at radius 3 is 2.72 bits per heavy atom. The molecule has 1 heterocycles. The van der Waals surface area contributed by atoms with Crippen LogP contribution >= 0.6 is 0 Å². The van der Waals surface area contributed by atoms with Gasteiger partial charge in [0.05, 0.1) is 12.1 Å². The second-order valence-corrected chi connectivity index (χ2v) is 5.27. The molecule has 0 bridgehead atoms. The van der Waals surface area contributed by atoms with Crippen LogP contribution in [0.3, 0.4) is 0 Å². The van der Waals surface area contributed by atoms with Crippen molar-refractivity contribution in [2.45, 2.75) is 57.4 Å². The van der Waals surface area contributed by atoms with Gasteiger partial charge in [0.25, 0.3) is 0 Å². The number of hydrogen-bond donors (Lipinski definition) is 2. The van der Waals surface area contributed by atoms with Crippen molar-refractivity contribution in [2.24, 2.45) is 0 Å². The van der Waals surface area contributed by atoms with Crippen LogP contribution in [-0.4, -0.2) is 27.2 Å². The molecule has 4 nitrogen and oxygen atoms in total. The lowest BCUT2D eigenvalue weighted by Crippen LogP contribution is -2.44. The molecule has 0 atom stereocenters. The van der Waals surface area contributed by atoms with Crippen LogP contribution in [0.1, 0.15) is 51.1 Å². The number of hydrogen-bond acceptors (Lipinski definition) is 4. The van der Waals surface area contributed by atoms with E-state index in [1.807, 2.05) is 6.07 Å². The average Bonchev–Trinajstić information content (AvgIpc) is 2.41. The van der Waals surface area contributed by atoms with Gasteiger partial charge < -0.3 is 10.4 Å². The minimum atomic E-state index is -0.171. The van der Waals surface area contributed by atoms with Gasteiger partial charge in [0.1, 0.15) is 12.1 Å². The lowest BCUT2D eigenvalue weighted by Gasteiger charge is -2.36. The van der Waals surface area contributed by atoms with E-state index in [1.54, 1.807) is 6.33 Å². The van der Waals surface area contributed by atoms with Gasteiger partial charge in [-0.3, -0.25) is 0 Å². The molecule has 0 spiro atoms. The number of nitrogens with zero attached hydrogens (tertiary/aromatic N) is 2. The summed E-state index contributed by atoms with van der Waals surface area (Å²) in [4.78, 5) is 8.53. The molecule has 0 aromatic carbocycles. The topological polar surface area (TPSA) is 58.0 Å². The lowest BCUT2D eigenvalue weighted by atomic mass is 9.82. The van der Waals surface area contributed by atoms with Crippen LogP contribution in [0.5, 0.6) is 0 Å². The molecule has 18 heavy (non-hydrogen) atoms. The molecule has 0 unspecified atom stereocenters. The maximum atomic E-state index is 9.67. The van der Waals surface area contributed by atoms with Crippen molar-refractivity contribution < 1.29 is 5.11 Å². The number of aliphatic hydroxyl groups excluding tert-OH is 1. The van der Waals surface area contributed by atoms with Gasteiger partial charge in [-0.1, -0.05) is 32.6 Å². The first-order valence-corrected chi connectivity index (χ1v) is 6.98. The molecule has 2 rings (SSSR count). The molecule has 0 amide bonds. The maximum absolute atomic E-state index is 9.67. The SMILES string of the molecule is CCCc1cc(NC2(CO)CCCCC2)ncn1. The molecule has 1 aliphatic carbocycles. The van der Waals surface area contributed by atoms with Gasteiger partial charge in [-0.2, -0.15) is 0 Å². The van der Waals surface area contributed by atoms with Crippen molar-refractivity contribution in [1.29, 1.82) is 0 Å². The molecule has 1 fully saturated rings. The molecular formula is C14H23N3O. The van der Waals surface area contributed by atoms with Crippen LogP contribution in [-0.2, 0) is 6.42 Å². The van der Waals surface area contributed by atoms with Gasteiger partial charge in [-0.25, -0.2) is 9.97 Å². The van der Waals surface area contributed by atoms with Crippen molar-refractivity contribution in [2.75, 3.05) is 11.9 Å². The molecule has 0 radical (unpaired) electrons. The van der Waals surface area contributed by atoms with Crippen molar-refractivity contribution in [3.8, 4) is 0 Å². The van der Waals surface area contributed by atoms with E-state index in [4.69, 9.17) is 0 Å². The molecule has 0 saturated heterocycles. The van der Waals surface area contributed by atoms with Crippen molar-refractivity contribution in [3.05, 3.63) is 18.1 Å². The summed E-state index contributed by atoms with van der Waals surface area (Å²) in [6.07, 6.45) is 9.36. The molecule has 0 aliphatic heterocycles. The molecule has 100 valence electrons. The smallest absolute Gasteiger partial charge is 0.130 e. The van der Waals surface area contributed by atoms with E-state index < -0.39 is 0 Å². The highest BCUT2D eigenvalue weighted by atomic mass is 16.3.